The first-order valence-corrected chi connectivity index (χ1v) is 6.08. The van der Waals surface area contributed by atoms with Gasteiger partial charge in [0.1, 0.15) is 5.82 Å². The van der Waals surface area contributed by atoms with Crippen molar-refractivity contribution in [1.82, 2.24) is 4.98 Å². The lowest BCUT2D eigenvalue weighted by Crippen LogP contribution is -2.18. The van der Waals surface area contributed by atoms with Crippen LogP contribution in [-0.4, -0.2) is 11.0 Å². The summed E-state index contributed by atoms with van der Waals surface area (Å²) in [5, 5.41) is 7.35. The highest BCUT2D eigenvalue weighted by Crippen LogP contribution is 2.11. The van der Waals surface area contributed by atoms with Crippen molar-refractivity contribution >= 4 is 17.2 Å². The molecule has 0 fully saturated rings. The largest absolute Gasteiger partial charge is 0.367 e. The highest BCUT2D eigenvalue weighted by molar-refractivity contribution is 7.07. The average molecular weight is 236 g/mol. The number of nitrogens with zero attached hydrogens (tertiary/aromatic N) is 1. The van der Waals surface area contributed by atoms with Gasteiger partial charge in [-0.2, -0.15) is 15.7 Å². The molecule has 2 aromatic rings. The molecule has 0 amide bonds. The smallest absolute Gasteiger partial charge is 0.214 e. The molecule has 1 N–H and O–H groups in total. The van der Waals surface area contributed by atoms with Gasteiger partial charge in [0.15, 0.2) is 0 Å². The third-order valence-corrected chi connectivity index (χ3v) is 2.96. The minimum atomic E-state index is -0.451. The van der Waals surface area contributed by atoms with Crippen molar-refractivity contribution in [3.63, 3.8) is 0 Å². The molecule has 4 heteroatoms. The van der Waals surface area contributed by atoms with E-state index in [0.717, 1.165) is 6.42 Å². The van der Waals surface area contributed by atoms with E-state index in [9.17, 15) is 4.39 Å². The van der Waals surface area contributed by atoms with Gasteiger partial charge in [-0.1, -0.05) is 6.07 Å². The highest BCUT2D eigenvalue weighted by Gasteiger charge is 2.05. The van der Waals surface area contributed by atoms with E-state index in [1.807, 2.05) is 0 Å². The van der Waals surface area contributed by atoms with Crippen LogP contribution in [-0.2, 0) is 6.42 Å². The summed E-state index contributed by atoms with van der Waals surface area (Å²) in [5.41, 5.74) is 1.29. The fourth-order valence-corrected chi connectivity index (χ4v) is 2.24. The molecular formula is C12H13FN2S. The summed E-state index contributed by atoms with van der Waals surface area (Å²) in [4.78, 5) is 3.77. The van der Waals surface area contributed by atoms with Gasteiger partial charge in [-0.05, 0) is 47.9 Å². The maximum atomic E-state index is 12.8. The third-order valence-electron chi connectivity index (χ3n) is 2.23. The minimum absolute atomic E-state index is 0.240. The zero-order chi connectivity index (χ0) is 11.4. The molecule has 2 nitrogen and oxygen atoms in total. The van der Waals surface area contributed by atoms with Crippen LogP contribution in [0.5, 0.6) is 0 Å². The Morgan fingerprint density at radius 3 is 3.00 bits per heavy atom. The van der Waals surface area contributed by atoms with Gasteiger partial charge in [0, 0.05) is 6.04 Å². The summed E-state index contributed by atoms with van der Waals surface area (Å²) in [7, 11) is 0. The van der Waals surface area contributed by atoms with E-state index in [0.29, 0.717) is 5.82 Å². The van der Waals surface area contributed by atoms with Gasteiger partial charge >= 0.3 is 0 Å². The quantitative estimate of drug-likeness (QED) is 0.824. The summed E-state index contributed by atoms with van der Waals surface area (Å²) >= 11 is 1.69. The van der Waals surface area contributed by atoms with Crippen LogP contribution in [0.15, 0.2) is 35.0 Å². The lowest BCUT2D eigenvalue weighted by molar-refractivity contribution is 0.584. The lowest BCUT2D eigenvalue weighted by atomic mass is 10.1. The first kappa shape index (κ1) is 11.1. The number of hydrogen-bond acceptors (Lipinski definition) is 3. The number of nitrogens with one attached hydrogen (secondary N) is 1. The fourth-order valence-electron chi connectivity index (χ4n) is 1.55. The maximum Gasteiger partial charge on any atom is 0.214 e. The number of thiophene rings is 1. The van der Waals surface area contributed by atoms with Crippen molar-refractivity contribution in [2.45, 2.75) is 19.4 Å². The molecule has 0 radical (unpaired) electrons. The summed E-state index contributed by atoms with van der Waals surface area (Å²) < 4.78 is 12.8. The van der Waals surface area contributed by atoms with E-state index >= 15 is 0 Å². The first-order chi connectivity index (χ1) is 7.74. The van der Waals surface area contributed by atoms with E-state index < -0.39 is 5.95 Å². The molecular weight excluding hydrogens is 223 g/mol. The van der Waals surface area contributed by atoms with Crippen molar-refractivity contribution in [3.05, 3.63) is 46.5 Å². The predicted octanol–water partition coefficient (Wildman–Crippen LogP) is 3.33. The molecule has 2 heterocycles. The molecule has 0 saturated heterocycles. The van der Waals surface area contributed by atoms with Crippen LogP contribution >= 0.6 is 11.3 Å². The predicted molar refractivity (Wildman–Crippen MR) is 65.3 cm³/mol. The Morgan fingerprint density at radius 1 is 1.44 bits per heavy atom. The van der Waals surface area contributed by atoms with Gasteiger partial charge in [-0.25, -0.2) is 4.98 Å². The Morgan fingerprint density at radius 2 is 2.31 bits per heavy atom. The van der Waals surface area contributed by atoms with Crippen LogP contribution in [0.2, 0.25) is 0 Å². The van der Waals surface area contributed by atoms with Crippen molar-refractivity contribution in [2.75, 3.05) is 5.32 Å². The molecule has 2 aromatic heterocycles. The second-order valence-corrected chi connectivity index (χ2v) is 4.51. The molecule has 1 unspecified atom stereocenters. The summed E-state index contributed by atoms with van der Waals surface area (Å²) in [6.45, 7) is 2.06. The average Bonchev–Trinajstić information content (AvgIpc) is 2.70. The van der Waals surface area contributed by atoms with Crippen LogP contribution in [0.4, 0.5) is 10.2 Å². The maximum absolute atomic E-state index is 12.8. The van der Waals surface area contributed by atoms with Crippen molar-refractivity contribution in [2.24, 2.45) is 0 Å². The standard InChI is InChI=1S/C12H13FN2S/c1-9(7-10-5-6-16-8-10)14-12-4-2-3-11(13)15-12/h2-6,8-9H,7H2,1H3,(H,14,15). The number of pyridine rings is 1. The Hall–Kier alpha value is -1.42. The zero-order valence-corrected chi connectivity index (χ0v) is 9.80. The summed E-state index contributed by atoms with van der Waals surface area (Å²) in [5.74, 6) is 0.135. The third kappa shape index (κ3) is 3.03. The van der Waals surface area contributed by atoms with Crippen molar-refractivity contribution < 1.29 is 4.39 Å². The molecule has 0 aliphatic rings. The van der Waals surface area contributed by atoms with Crippen molar-refractivity contribution in [3.8, 4) is 0 Å². The van der Waals surface area contributed by atoms with Crippen LogP contribution in [0, 0.1) is 5.95 Å². The summed E-state index contributed by atoms with van der Waals surface area (Å²) in [6.07, 6.45) is 0.918. The molecule has 16 heavy (non-hydrogen) atoms. The number of halogens is 1. The molecule has 1 atom stereocenters. The number of rotatable bonds is 4. The van der Waals surface area contributed by atoms with E-state index in [-0.39, 0.29) is 6.04 Å². The molecule has 0 aliphatic heterocycles. The molecule has 84 valence electrons. The Balaban J connectivity index is 1.94. The Kier molecular flexibility index (Phi) is 3.51. The van der Waals surface area contributed by atoms with Crippen LogP contribution in [0.3, 0.4) is 0 Å². The zero-order valence-electron chi connectivity index (χ0n) is 8.98. The topological polar surface area (TPSA) is 24.9 Å². The van der Waals surface area contributed by atoms with Gasteiger partial charge in [0.2, 0.25) is 5.95 Å². The van der Waals surface area contributed by atoms with E-state index in [1.165, 1.54) is 11.6 Å². The van der Waals surface area contributed by atoms with Crippen molar-refractivity contribution in [1.29, 1.82) is 0 Å². The Labute approximate surface area is 98.2 Å². The SMILES string of the molecule is CC(Cc1ccsc1)Nc1cccc(F)n1. The van der Waals surface area contributed by atoms with E-state index in [4.69, 9.17) is 0 Å². The normalized spacial score (nSPS) is 12.4. The number of hydrogen-bond donors (Lipinski definition) is 1. The molecule has 0 aliphatic carbocycles. The monoisotopic (exact) mass is 236 g/mol. The minimum Gasteiger partial charge on any atom is -0.367 e. The molecule has 0 spiro atoms. The number of aromatic nitrogens is 1. The van der Waals surface area contributed by atoms with Gasteiger partial charge in [0.25, 0.3) is 0 Å². The lowest BCUT2D eigenvalue weighted by Gasteiger charge is -2.13. The van der Waals surface area contributed by atoms with E-state index in [2.05, 4.69) is 34.1 Å². The fraction of sp³-hybridized carbons (Fsp3) is 0.250. The van der Waals surface area contributed by atoms with E-state index in [1.54, 1.807) is 23.5 Å². The highest BCUT2D eigenvalue weighted by atomic mass is 32.1. The molecule has 0 aromatic carbocycles. The van der Waals surface area contributed by atoms with Gasteiger partial charge in [-0.15, -0.1) is 0 Å². The first-order valence-electron chi connectivity index (χ1n) is 5.14. The second kappa shape index (κ2) is 5.07. The van der Waals surface area contributed by atoms with Crippen LogP contribution < -0.4 is 5.32 Å². The van der Waals surface area contributed by atoms with Gasteiger partial charge in [0.05, 0.1) is 0 Å². The van der Waals surface area contributed by atoms with Crippen LogP contribution in [0.25, 0.3) is 0 Å². The number of anilines is 1. The second-order valence-electron chi connectivity index (χ2n) is 3.73. The van der Waals surface area contributed by atoms with Gasteiger partial charge < -0.3 is 5.32 Å². The van der Waals surface area contributed by atoms with Crippen LogP contribution in [0.1, 0.15) is 12.5 Å². The molecule has 0 bridgehead atoms. The summed E-state index contributed by atoms with van der Waals surface area (Å²) in [6, 6.07) is 7.11. The molecule has 2 rings (SSSR count). The Bertz CT molecular complexity index is 442. The molecule has 0 saturated carbocycles. The van der Waals surface area contributed by atoms with Gasteiger partial charge in [-0.3, -0.25) is 0 Å².